The monoisotopic (exact) mass is 510 g/mol. The summed E-state index contributed by atoms with van der Waals surface area (Å²) in [7, 11) is 0. The van der Waals surface area contributed by atoms with Gasteiger partial charge in [0.25, 0.3) is 5.91 Å². The summed E-state index contributed by atoms with van der Waals surface area (Å²) >= 11 is 0. The van der Waals surface area contributed by atoms with Crippen molar-refractivity contribution in [3.05, 3.63) is 35.9 Å². The molecule has 0 radical (unpaired) electrons. The van der Waals surface area contributed by atoms with Gasteiger partial charge in [-0.3, -0.25) is 24.0 Å². The highest BCUT2D eigenvalue weighted by molar-refractivity contribution is 5.99. The lowest BCUT2D eigenvalue weighted by atomic mass is 9.86. The second-order valence-electron chi connectivity index (χ2n) is 10.8. The molecule has 1 aromatic carbocycles. The Kier molecular flexibility index (Phi) is 7.02. The summed E-state index contributed by atoms with van der Waals surface area (Å²) < 4.78 is 0. The second-order valence-corrected chi connectivity index (χ2v) is 10.8. The van der Waals surface area contributed by atoms with E-state index in [0.717, 1.165) is 19.3 Å². The van der Waals surface area contributed by atoms with E-state index < -0.39 is 41.8 Å². The van der Waals surface area contributed by atoms with Crippen LogP contribution >= 0.6 is 0 Å². The molecule has 37 heavy (non-hydrogen) atoms. The predicted octanol–water partition coefficient (Wildman–Crippen LogP) is -0.00860. The van der Waals surface area contributed by atoms with Crippen LogP contribution in [0.4, 0.5) is 0 Å². The van der Waals surface area contributed by atoms with Crippen LogP contribution in [0, 0.1) is 17.8 Å². The predicted molar refractivity (Wildman–Crippen MR) is 132 cm³/mol. The van der Waals surface area contributed by atoms with E-state index in [1.165, 1.54) is 0 Å². The Bertz CT molecular complexity index is 1090. The molecule has 0 spiro atoms. The maximum atomic E-state index is 14.2. The van der Waals surface area contributed by atoms with E-state index in [2.05, 4.69) is 16.0 Å². The van der Waals surface area contributed by atoms with E-state index in [1.807, 2.05) is 30.3 Å². The number of carbonyl (C=O) groups excluding carboxylic acids is 5. The quantitative estimate of drug-likeness (QED) is 0.387. The summed E-state index contributed by atoms with van der Waals surface area (Å²) in [4.78, 5) is 66.6. The second kappa shape index (κ2) is 10.2. The minimum atomic E-state index is -1.24. The summed E-state index contributed by atoms with van der Waals surface area (Å²) in [6.45, 7) is 0.177. The van der Waals surface area contributed by atoms with Crippen molar-refractivity contribution in [2.75, 3.05) is 19.7 Å². The van der Waals surface area contributed by atoms with Crippen molar-refractivity contribution in [3.63, 3.8) is 0 Å². The molecule has 3 heterocycles. The lowest BCUT2D eigenvalue weighted by Gasteiger charge is -2.36. The third-order valence-electron chi connectivity index (χ3n) is 8.68. The average Bonchev–Trinajstić information content (AvgIpc) is 3.68. The van der Waals surface area contributed by atoms with Gasteiger partial charge in [-0.25, -0.2) is 0 Å². The number of nitrogens with one attached hydrogen (secondary N) is 3. The van der Waals surface area contributed by atoms with Gasteiger partial charge < -0.3 is 26.0 Å². The molecule has 5 rings (SSSR count). The summed E-state index contributed by atoms with van der Waals surface area (Å²) in [5, 5.41) is 18.0. The number of ketones is 1. The number of nitrogens with zero attached hydrogens (tertiary/aromatic N) is 1. The van der Waals surface area contributed by atoms with Crippen molar-refractivity contribution in [3.8, 4) is 0 Å². The first-order valence-electron chi connectivity index (χ1n) is 13.2. The average molecular weight is 511 g/mol. The number of aliphatic hydroxyl groups is 1. The minimum absolute atomic E-state index is 0.0477. The molecule has 0 bridgehead atoms. The number of benzene rings is 1. The summed E-state index contributed by atoms with van der Waals surface area (Å²) in [6.07, 6.45) is 3.84. The van der Waals surface area contributed by atoms with Crippen LogP contribution in [0.1, 0.15) is 50.5 Å². The van der Waals surface area contributed by atoms with Crippen LogP contribution in [-0.2, 0) is 29.5 Å². The Balaban J connectivity index is 1.42. The van der Waals surface area contributed by atoms with Crippen molar-refractivity contribution in [2.45, 2.75) is 62.6 Å². The zero-order valence-electron chi connectivity index (χ0n) is 20.8. The van der Waals surface area contributed by atoms with Crippen molar-refractivity contribution in [2.24, 2.45) is 17.8 Å². The van der Waals surface area contributed by atoms with Crippen molar-refractivity contribution in [1.82, 2.24) is 20.9 Å². The fourth-order valence-electron chi connectivity index (χ4n) is 6.78. The van der Waals surface area contributed by atoms with Crippen LogP contribution in [-0.4, -0.2) is 71.2 Å². The van der Waals surface area contributed by atoms with E-state index in [4.69, 9.17) is 0 Å². The molecule has 4 N–H and O–H groups in total. The number of rotatable bonds is 8. The Morgan fingerprint density at radius 2 is 1.92 bits per heavy atom. The van der Waals surface area contributed by atoms with Crippen LogP contribution < -0.4 is 16.0 Å². The van der Waals surface area contributed by atoms with E-state index in [1.54, 1.807) is 4.90 Å². The normalized spacial score (nSPS) is 31.5. The molecule has 0 unspecified atom stereocenters. The molecule has 4 aliphatic rings. The van der Waals surface area contributed by atoms with Gasteiger partial charge in [0.05, 0.1) is 6.04 Å². The van der Waals surface area contributed by atoms with Crippen LogP contribution in [0.3, 0.4) is 0 Å². The molecule has 1 aliphatic carbocycles. The van der Waals surface area contributed by atoms with Crippen LogP contribution in [0.25, 0.3) is 0 Å². The molecule has 4 fully saturated rings. The highest BCUT2D eigenvalue weighted by atomic mass is 16.3. The van der Waals surface area contributed by atoms with Gasteiger partial charge in [0.15, 0.2) is 5.78 Å². The highest BCUT2D eigenvalue weighted by Gasteiger charge is 2.56. The van der Waals surface area contributed by atoms with Gasteiger partial charge in [0.1, 0.15) is 18.2 Å². The van der Waals surface area contributed by atoms with Crippen molar-refractivity contribution < 1.29 is 29.1 Å². The molecular weight excluding hydrogens is 476 g/mol. The number of fused-ring (bicyclic) bond motifs is 1. The van der Waals surface area contributed by atoms with Gasteiger partial charge in [0.2, 0.25) is 17.7 Å². The Morgan fingerprint density at radius 3 is 2.57 bits per heavy atom. The molecule has 3 aliphatic heterocycles. The number of Topliss-reactive ketones (excluding diaryl/α,β-unsaturated/α-hetero) is 1. The number of carbonyl (C=O) groups is 5. The molecule has 1 aromatic rings. The fraction of sp³-hybridized carbons (Fsp3) is 0.593. The SMILES string of the molecule is O=C1CC[C@@](C(=O)N2C[C@H]3CCC[C@H]3[C@H]2C(=O)N[C@H](C[C@H]2CCNC2=O)C(=O)CO)(c2ccccc2)N1. The molecular formula is C27H34N4O6. The standard InChI is InChI=1S/C27H34N4O6/c32-15-21(33)20(13-16-10-12-28-24(16)35)29-25(36)23-19-8-4-5-17(19)14-31(23)26(37)27(11-9-22(34)30-27)18-6-2-1-3-7-18/h1-3,6-7,16-17,19-20,23,32H,4-5,8-15H2,(H,28,35)(H,29,36)(H,30,34)/t16-,17-,19-,20-,23+,27+/m1/s1. The Morgan fingerprint density at radius 1 is 1.14 bits per heavy atom. The number of hydrogen-bond acceptors (Lipinski definition) is 6. The third kappa shape index (κ3) is 4.63. The summed E-state index contributed by atoms with van der Waals surface area (Å²) in [5.74, 6) is -1.99. The van der Waals surface area contributed by atoms with E-state index in [9.17, 15) is 29.1 Å². The minimum Gasteiger partial charge on any atom is -0.389 e. The largest absolute Gasteiger partial charge is 0.389 e. The van der Waals surface area contributed by atoms with E-state index in [-0.39, 0.29) is 42.4 Å². The Labute approximate surface area is 215 Å². The number of hydrogen-bond donors (Lipinski definition) is 4. The smallest absolute Gasteiger partial charge is 0.253 e. The van der Waals surface area contributed by atoms with E-state index in [0.29, 0.717) is 31.5 Å². The first-order valence-corrected chi connectivity index (χ1v) is 13.2. The number of aliphatic hydroxyl groups excluding tert-OH is 1. The maximum absolute atomic E-state index is 14.2. The van der Waals surface area contributed by atoms with Crippen LogP contribution in [0.15, 0.2) is 30.3 Å². The zero-order chi connectivity index (χ0) is 26.2. The van der Waals surface area contributed by atoms with Crippen LogP contribution in [0.5, 0.6) is 0 Å². The van der Waals surface area contributed by atoms with Crippen molar-refractivity contribution in [1.29, 1.82) is 0 Å². The van der Waals surface area contributed by atoms with Gasteiger partial charge in [0, 0.05) is 25.4 Å². The first-order chi connectivity index (χ1) is 17.8. The van der Waals surface area contributed by atoms with Crippen LogP contribution in [0.2, 0.25) is 0 Å². The van der Waals surface area contributed by atoms with Gasteiger partial charge >= 0.3 is 0 Å². The Hall–Kier alpha value is -3.27. The first kappa shape index (κ1) is 25.4. The van der Waals surface area contributed by atoms with Gasteiger partial charge in [-0.15, -0.1) is 0 Å². The topological polar surface area (TPSA) is 145 Å². The lowest BCUT2D eigenvalue weighted by Crippen LogP contribution is -2.59. The fourth-order valence-corrected chi connectivity index (χ4v) is 6.78. The highest BCUT2D eigenvalue weighted by Crippen LogP contribution is 2.45. The molecule has 198 valence electrons. The van der Waals surface area contributed by atoms with Gasteiger partial charge in [-0.2, -0.15) is 0 Å². The zero-order valence-corrected chi connectivity index (χ0v) is 20.8. The number of amides is 4. The lowest BCUT2D eigenvalue weighted by molar-refractivity contribution is -0.146. The molecule has 0 aromatic heterocycles. The summed E-state index contributed by atoms with van der Waals surface area (Å²) in [5.41, 5.74) is -0.555. The third-order valence-corrected chi connectivity index (χ3v) is 8.68. The van der Waals surface area contributed by atoms with Crippen molar-refractivity contribution >= 4 is 29.4 Å². The van der Waals surface area contributed by atoms with Gasteiger partial charge in [-0.1, -0.05) is 36.8 Å². The summed E-state index contributed by atoms with van der Waals surface area (Å²) in [6, 6.07) is 7.32. The van der Waals surface area contributed by atoms with Gasteiger partial charge in [-0.05, 0) is 49.5 Å². The molecule has 6 atom stereocenters. The molecule has 10 nitrogen and oxygen atoms in total. The molecule has 4 amide bonds. The number of likely N-dealkylation sites (tertiary alicyclic amines) is 1. The molecule has 3 saturated heterocycles. The maximum Gasteiger partial charge on any atom is 0.253 e. The van der Waals surface area contributed by atoms with E-state index >= 15 is 0 Å². The molecule has 10 heteroatoms. The molecule has 1 saturated carbocycles.